The Labute approximate surface area is 110 Å². The summed E-state index contributed by atoms with van der Waals surface area (Å²) in [6.07, 6.45) is 4.54. The first-order chi connectivity index (χ1) is 9.08. The summed E-state index contributed by atoms with van der Waals surface area (Å²) in [6.45, 7) is 0.375. The van der Waals surface area contributed by atoms with E-state index in [2.05, 4.69) is 0 Å². The number of anilines is 1. The number of hydrogen-bond acceptors (Lipinski definition) is 5. The maximum atomic E-state index is 11.8. The Balaban J connectivity index is 1.92. The number of ether oxygens (including phenoxy) is 1. The molecule has 0 unspecified atom stereocenters. The molecule has 0 saturated heterocycles. The number of nitrogens with zero attached hydrogens (tertiary/aromatic N) is 1. The van der Waals surface area contributed by atoms with Crippen LogP contribution in [-0.4, -0.2) is 17.5 Å². The lowest BCUT2D eigenvalue weighted by molar-refractivity contribution is -0.384. The van der Waals surface area contributed by atoms with Crippen LogP contribution in [0.15, 0.2) is 18.2 Å². The van der Waals surface area contributed by atoms with Crippen molar-refractivity contribution in [1.29, 1.82) is 0 Å². The largest absolute Gasteiger partial charge is 0.462 e. The molecule has 102 valence electrons. The van der Waals surface area contributed by atoms with Crippen LogP contribution in [-0.2, 0) is 4.74 Å². The topological polar surface area (TPSA) is 95.5 Å². The van der Waals surface area contributed by atoms with E-state index < -0.39 is 10.9 Å². The van der Waals surface area contributed by atoms with Crippen molar-refractivity contribution in [3.8, 4) is 0 Å². The zero-order chi connectivity index (χ0) is 13.8. The van der Waals surface area contributed by atoms with Crippen LogP contribution in [0.2, 0.25) is 0 Å². The van der Waals surface area contributed by atoms with E-state index in [1.54, 1.807) is 0 Å². The van der Waals surface area contributed by atoms with Crippen LogP contribution in [0.1, 0.15) is 36.0 Å². The number of esters is 1. The van der Waals surface area contributed by atoms with Gasteiger partial charge in [0.25, 0.3) is 5.69 Å². The van der Waals surface area contributed by atoms with Gasteiger partial charge in [0.15, 0.2) is 0 Å². The lowest BCUT2D eigenvalue weighted by Crippen LogP contribution is -2.16. The van der Waals surface area contributed by atoms with Crippen LogP contribution in [0.4, 0.5) is 11.4 Å². The molecular weight excluding hydrogens is 248 g/mol. The molecule has 0 bridgehead atoms. The Morgan fingerprint density at radius 1 is 1.47 bits per heavy atom. The Morgan fingerprint density at radius 2 is 2.21 bits per heavy atom. The first kappa shape index (κ1) is 13.3. The highest BCUT2D eigenvalue weighted by atomic mass is 16.6. The second kappa shape index (κ2) is 5.69. The third-order valence-electron chi connectivity index (χ3n) is 3.45. The predicted octanol–water partition coefficient (Wildman–Crippen LogP) is 2.52. The van der Waals surface area contributed by atoms with Crippen LogP contribution >= 0.6 is 0 Å². The summed E-state index contributed by atoms with van der Waals surface area (Å²) in [5.41, 5.74) is 5.74. The van der Waals surface area contributed by atoms with Crippen molar-refractivity contribution >= 4 is 17.3 Å². The van der Waals surface area contributed by atoms with Gasteiger partial charge in [-0.25, -0.2) is 4.79 Å². The summed E-state index contributed by atoms with van der Waals surface area (Å²) < 4.78 is 5.13. The number of nitrogen functional groups attached to an aromatic ring is 1. The third-order valence-corrected chi connectivity index (χ3v) is 3.45. The van der Waals surface area contributed by atoms with Crippen molar-refractivity contribution < 1.29 is 14.5 Å². The van der Waals surface area contributed by atoms with Gasteiger partial charge in [0.2, 0.25) is 0 Å². The monoisotopic (exact) mass is 264 g/mol. The Kier molecular flexibility index (Phi) is 3.99. The molecular formula is C13H16N2O4. The van der Waals surface area contributed by atoms with E-state index in [1.165, 1.54) is 37.5 Å². The molecule has 0 amide bonds. The van der Waals surface area contributed by atoms with E-state index in [-0.39, 0.29) is 16.9 Å². The molecule has 2 rings (SSSR count). The van der Waals surface area contributed by atoms with E-state index in [4.69, 9.17) is 10.5 Å². The van der Waals surface area contributed by atoms with Gasteiger partial charge in [0, 0.05) is 12.1 Å². The van der Waals surface area contributed by atoms with Gasteiger partial charge in [-0.2, -0.15) is 0 Å². The van der Waals surface area contributed by atoms with E-state index >= 15 is 0 Å². The molecule has 1 aliphatic rings. The molecule has 0 atom stereocenters. The molecule has 1 aromatic rings. The number of nitrogens with two attached hydrogens (primary N) is 1. The number of benzene rings is 1. The molecule has 1 aromatic carbocycles. The highest BCUT2D eigenvalue weighted by Gasteiger charge is 2.19. The van der Waals surface area contributed by atoms with E-state index in [0.717, 1.165) is 6.42 Å². The molecule has 1 fully saturated rings. The molecule has 0 radical (unpaired) electrons. The number of carbonyl (C=O) groups is 1. The van der Waals surface area contributed by atoms with Gasteiger partial charge in [-0.05, 0) is 18.4 Å². The molecule has 2 N–H and O–H groups in total. The maximum Gasteiger partial charge on any atom is 0.340 e. The Hall–Kier alpha value is -2.11. The van der Waals surface area contributed by atoms with E-state index in [1.807, 2.05) is 0 Å². The van der Waals surface area contributed by atoms with Crippen molar-refractivity contribution in [2.45, 2.75) is 25.7 Å². The van der Waals surface area contributed by atoms with Crippen LogP contribution in [0.3, 0.4) is 0 Å². The molecule has 6 nitrogen and oxygen atoms in total. The first-order valence-corrected chi connectivity index (χ1v) is 6.29. The predicted molar refractivity (Wildman–Crippen MR) is 69.7 cm³/mol. The summed E-state index contributed by atoms with van der Waals surface area (Å²) in [4.78, 5) is 21.8. The molecule has 1 saturated carbocycles. The number of nitro groups is 1. The zero-order valence-corrected chi connectivity index (χ0v) is 10.5. The summed E-state index contributed by atoms with van der Waals surface area (Å²) in [6, 6.07) is 3.75. The first-order valence-electron chi connectivity index (χ1n) is 6.29. The van der Waals surface area contributed by atoms with E-state index in [9.17, 15) is 14.9 Å². The van der Waals surface area contributed by atoms with Crippen LogP contribution < -0.4 is 5.73 Å². The van der Waals surface area contributed by atoms with Crippen LogP contribution in [0, 0.1) is 16.0 Å². The summed E-state index contributed by atoms with van der Waals surface area (Å²) in [5, 5.41) is 10.6. The standard InChI is InChI=1S/C13H16N2O4/c14-12-8-10(15(17)18)4-5-11(12)13(16)19-7-6-9-2-1-3-9/h4-5,8-9H,1-3,6-7,14H2. The van der Waals surface area contributed by atoms with Crippen molar-refractivity contribution in [2.24, 2.45) is 5.92 Å². The fourth-order valence-corrected chi connectivity index (χ4v) is 2.03. The summed E-state index contributed by atoms with van der Waals surface area (Å²) in [5.74, 6) is 0.147. The van der Waals surface area contributed by atoms with Gasteiger partial charge in [-0.15, -0.1) is 0 Å². The molecule has 1 aliphatic carbocycles. The summed E-state index contributed by atoms with van der Waals surface area (Å²) >= 11 is 0. The molecule has 0 aromatic heterocycles. The average Bonchev–Trinajstić information content (AvgIpc) is 2.31. The SMILES string of the molecule is Nc1cc([N+](=O)[O-])ccc1C(=O)OCCC1CCC1. The molecule has 0 aliphatic heterocycles. The van der Waals surface area contributed by atoms with Crippen molar-refractivity contribution in [3.63, 3.8) is 0 Å². The fraction of sp³-hybridized carbons (Fsp3) is 0.462. The average molecular weight is 264 g/mol. The Bertz CT molecular complexity index is 497. The van der Waals surface area contributed by atoms with Gasteiger partial charge in [-0.1, -0.05) is 19.3 Å². The van der Waals surface area contributed by atoms with Crippen LogP contribution in [0.25, 0.3) is 0 Å². The van der Waals surface area contributed by atoms with Crippen LogP contribution in [0.5, 0.6) is 0 Å². The van der Waals surface area contributed by atoms with Gasteiger partial charge in [0.1, 0.15) is 0 Å². The normalized spacial score (nSPS) is 14.7. The third kappa shape index (κ3) is 3.21. The number of carbonyl (C=O) groups excluding carboxylic acids is 1. The highest BCUT2D eigenvalue weighted by Crippen LogP contribution is 2.29. The molecule has 0 spiro atoms. The number of hydrogen-bond donors (Lipinski definition) is 1. The second-order valence-corrected chi connectivity index (χ2v) is 4.75. The molecule has 0 heterocycles. The minimum Gasteiger partial charge on any atom is -0.462 e. The van der Waals surface area contributed by atoms with Crippen molar-refractivity contribution in [2.75, 3.05) is 12.3 Å². The van der Waals surface area contributed by atoms with Gasteiger partial charge in [-0.3, -0.25) is 10.1 Å². The lowest BCUT2D eigenvalue weighted by Gasteiger charge is -2.24. The van der Waals surface area contributed by atoms with Crippen molar-refractivity contribution in [1.82, 2.24) is 0 Å². The van der Waals surface area contributed by atoms with Gasteiger partial charge < -0.3 is 10.5 Å². The quantitative estimate of drug-likeness (QED) is 0.381. The lowest BCUT2D eigenvalue weighted by atomic mass is 9.83. The minimum atomic E-state index is -0.554. The van der Waals surface area contributed by atoms with Gasteiger partial charge in [0.05, 0.1) is 22.8 Å². The van der Waals surface area contributed by atoms with Gasteiger partial charge >= 0.3 is 5.97 Å². The highest BCUT2D eigenvalue weighted by molar-refractivity contribution is 5.95. The number of non-ortho nitro benzene ring substituents is 1. The maximum absolute atomic E-state index is 11.8. The Morgan fingerprint density at radius 3 is 2.74 bits per heavy atom. The number of rotatable bonds is 5. The second-order valence-electron chi connectivity index (χ2n) is 4.75. The summed E-state index contributed by atoms with van der Waals surface area (Å²) in [7, 11) is 0. The van der Waals surface area contributed by atoms with E-state index in [0.29, 0.717) is 12.5 Å². The fourth-order valence-electron chi connectivity index (χ4n) is 2.03. The zero-order valence-electron chi connectivity index (χ0n) is 10.5. The molecule has 19 heavy (non-hydrogen) atoms. The number of nitro benzene ring substituents is 1. The molecule has 6 heteroatoms. The smallest absolute Gasteiger partial charge is 0.340 e. The minimum absolute atomic E-state index is 0.0721. The van der Waals surface area contributed by atoms with Crippen molar-refractivity contribution in [3.05, 3.63) is 33.9 Å².